The van der Waals surface area contributed by atoms with E-state index in [0.29, 0.717) is 11.5 Å². The van der Waals surface area contributed by atoms with Crippen molar-refractivity contribution in [1.82, 2.24) is 9.46 Å². The second-order valence-corrected chi connectivity index (χ2v) is 6.63. The lowest BCUT2D eigenvalue weighted by Crippen LogP contribution is -2.43. The Balaban J connectivity index is 2.09. The van der Waals surface area contributed by atoms with Crippen LogP contribution in [0.2, 0.25) is 0 Å². The van der Waals surface area contributed by atoms with Crippen LogP contribution in [-0.4, -0.2) is 36.8 Å². The zero-order valence-electron chi connectivity index (χ0n) is 10.4. The van der Waals surface area contributed by atoms with Crippen LogP contribution in [0.3, 0.4) is 0 Å². The Morgan fingerprint density at radius 2 is 2.28 bits per heavy atom. The van der Waals surface area contributed by atoms with Crippen molar-refractivity contribution in [2.45, 2.75) is 26.0 Å². The van der Waals surface area contributed by atoms with Crippen LogP contribution in [-0.2, 0) is 20.6 Å². The minimum absolute atomic E-state index is 0.124. The molecule has 0 N–H and O–H groups in total. The number of carbonyl (C=O) groups is 1. The zero-order valence-corrected chi connectivity index (χ0v) is 11.2. The van der Waals surface area contributed by atoms with E-state index in [1.54, 1.807) is 19.9 Å². The lowest BCUT2D eigenvalue weighted by molar-refractivity contribution is -0.124. The highest BCUT2D eigenvalue weighted by Gasteiger charge is 2.31. The van der Waals surface area contributed by atoms with Gasteiger partial charge in [0.15, 0.2) is 0 Å². The van der Waals surface area contributed by atoms with Gasteiger partial charge in [-0.25, -0.2) is 12.7 Å². The molecule has 1 aliphatic rings. The molecule has 1 saturated heterocycles. The van der Waals surface area contributed by atoms with Gasteiger partial charge in [-0.2, -0.15) is 0 Å². The van der Waals surface area contributed by atoms with Crippen molar-refractivity contribution in [1.29, 1.82) is 0 Å². The number of aryl methyl sites for hydroxylation is 1. The molecule has 1 unspecified atom stereocenters. The van der Waals surface area contributed by atoms with E-state index in [9.17, 15) is 13.2 Å². The van der Waals surface area contributed by atoms with E-state index in [2.05, 4.69) is 5.16 Å². The average molecular weight is 272 g/mol. The van der Waals surface area contributed by atoms with Crippen LogP contribution < -0.4 is 0 Å². The molecule has 0 aliphatic carbocycles. The summed E-state index contributed by atoms with van der Waals surface area (Å²) < 4.78 is 30.5. The fraction of sp³-hybridized carbons (Fsp3) is 0.636. The summed E-state index contributed by atoms with van der Waals surface area (Å²) in [6.07, 6.45) is 0.290. The first-order chi connectivity index (χ1) is 8.38. The van der Waals surface area contributed by atoms with Crippen molar-refractivity contribution < 1.29 is 17.7 Å². The first-order valence-corrected chi connectivity index (χ1v) is 7.42. The summed E-state index contributed by atoms with van der Waals surface area (Å²) in [5.74, 6) is 0.305. The Morgan fingerprint density at radius 3 is 2.83 bits per heavy atom. The molecule has 1 aromatic heterocycles. The maximum Gasteiger partial charge on any atom is 0.220 e. The molecule has 0 spiro atoms. The van der Waals surface area contributed by atoms with E-state index in [4.69, 9.17) is 4.52 Å². The number of sulfonamides is 1. The molecule has 1 fully saturated rings. The number of piperidine rings is 1. The van der Waals surface area contributed by atoms with Crippen LogP contribution >= 0.6 is 0 Å². The van der Waals surface area contributed by atoms with Crippen molar-refractivity contribution in [3.63, 3.8) is 0 Å². The molecule has 2 heterocycles. The highest BCUT2D eigenvalue weighted by atomic mass is 32.2. The summed E-state index contributed by atoms with van der Waals surface area (Å²) in [7, 11) is -3.42. The van der Waals surface area contributed by atoms with E-state index >= 15 is 0 Å². The van der Waals surface area contributed by atoms with E-state index in [1.165, 1.54) is 4.31 Å². The lowest BCUT2D eigenvalue weighted by atomic mass is 10.0. The number of aromatic nitrogens is 1. The van der Waals surface area contributed by atoms with Gasteiger partial charge in [0.05, 0.1) is 0 Å². The summed E-state index contributed by atoms with van der Waals surface area (Å²) in [6, 6.07) is 1.61. The number of ketones is 1. The second-order valence-electron chi connectivity index (χ2n) is 4.66. The van der Waals surface area contributed by atoms with Gasteiger partial charge in [0.1, 0.15) is 23.0 Å². The Bertz CT molecular complexity index is 549. The van der Waals surface area contributed by atoms with E-state index in [1.807, 2.05) is 0 Å². The van der Waals surface area contributed by atoms with Crippen LogP contribution in [0.15, 0.2) is 10.6 Å². The minimum Gasteiger partial charge on any atom is -0.361 e. The molecular formula is C11H16N2O4S. The summed E-state index contributed by atoms with van der Waals surface area (Å²) in [5.41, 5.74) is 0.400. The number of Topliss-reactive ketones (excluding diaryl/α,β-unsaturated/α-hetero) is 1. The second kappa shape index (κ2) is 4.81. The molecule has 100 valence electrons. The third kappa shape index (κ3) is 2.78. The fourth-order valence-electron chi connectivity index (χ4n) is 2.00. The number of nitrogens with zero attached hydrogens (tertiary/aromatic N) is 2. The van der Waals surface area contributed by atoms with Crippen molar-refractivity contribution in [3.8, 4) is 0 Å². The molecule has 0 saturated carbocycles. The third-order valence-corrected chi connectivity index (χ3v) is 4.81. The normalized spacial score (nSPS) is 22.3. The number of hydrogen-bond donors (Lipinski definition) is 0. The molecule has 1 aromatic rings. The Morgan fingerprint density at radius 1 is 1.56 bits per heavy atom. The zero-order chi connectivity index (χ0) is 13.3. The van der Waals surface area contributed by atoms with E-state index in [0.717, 1.165) is 0 Å². The van der Waals surface area contributed by atoms with Gasteiger partial charge in [-0.15, -0.1) is 0 Å². The smallest absolute Gasteiger partial charge is 0.220 e. The predicted octanol–water partition coefficient (Wildman–Crippen LogP) is 0.724. The first-order valence-electron chi connectivity index (χ1n) is 5.81. The summed E-state index contributed by atoms with van der Waals surface area (Å²) in [4.78, 5) is 11.4. The first kappa shape index (κ1) is 13.2. The SMILES string of the molecule is Cc1cc(CS(=O)(=O)N2CCC(=O)C(C)C2)no1. The number of hydrogen-bond acceptors (Lipinski definition) is 5. The largest absolute Gasteiger partial charge is 0.361 e. The van der Waals surface area contributed by atoms with Gasteiger partial charge >= 0.3 is 0 Å². The van der Waals surface area contributed by atoms with E-state index < -0.39 is 10.0 Å². The Hall–Kier alpha value is -1.21. The minimum atomic E-state index is -3.42. The van der Waals surface area contributed by atoms with Crippen LogP contribution in [0.4, 0.5) is 0 Å². The van der Waals surface area contributed by atoms with Crippen LogP contribution in [0.25, 0.3) is 0 Å². The number of carbonyl (C=O) groups excluding carboxylic acids is 1. The molecule has 0 amide bonds. The number of rotatable bonds is 3. The highest BCUT2D eigenvalue weighted by molar-refractivity contribution is 7.88. The van der Waals surface area contributed by atoms with Crippen molar-refractivity contribution in [3.05, 3.63) is 17.5 Å². The van der Waals surface area contributed by atoms with Gasteiger partial charge in [-0.05, 0) is 6.92 Å². The molecule has 1 atom stereocenters. The predicted molar refractivity (Wildman–Crippen MR) is 64.2 cm³/mol. The van der Waals surface area contributed by atoms with Gasteiger partial charge in [0.25, 0.3) is 0 Å². The van der Waals surface area contributed by atoms with Crippen molar-refractivity contribution >= 4 is 15.8 Å². The molecule has 6 nitrogen and oxygen atoms in total. The maximum atomic E-state index is 12.1. The summed E-state index contributed by atoms with van der Waals surface area (Å²) in [6.45, 7) is 4.00. The van der Waals surface area contributed by atoms with Gasteiger partial charge in [-0.3, -0.25) is 4.79 Å². The standard InChI is InChI=1S/C11H16N2O4S/c1-8-6-13(4-3-11(8)14)18(15,16)7-10-5-9(2)17-12-10/h5,8H,3-4,6-7H2,1-2H3. The molecule has 7 heteroatoms. The molecule has 0 aromatic carbocycles. The van der Waals surface area contributed by atoms with Gasteiger partial charge < -0.3 is 4.52 Å². The molecule has 0 radical (unpaired) electrons. The molecule has 2 rings (SSSR count). The van der Waals surface area contributed by atoms with Gasteiger partial charge in [-0.1, -0.05) is 12.1 Å². The third-order valence-electron chi connectivity index (χ3n) is 3.04. The maximum absolute atomic E-state index is 12.1. The van der Waals surface area contributed by atoms with Crippen LogP contribution in [0.1, 0.15) is 24.8 Å². The van der Waals surface area contributed by atoms with Crippen LogP contribution in [0.5, 0.6) is 0 Å². The summed E-state index contributed by atoms with van der Waals surface area (Å²) >= 11 is 0. The van der Waals surface area contributed by atoms with Crippen molar-refractivity contribution in [2.75, 3.05) is 13.1 Å². The van der Waals surface area contributed by atoms with E-state index in [-0.39, 0.29) is 37.0 Å². The van der Waals surface area contributed by atoms with Gasteiger partial charge in [0.2, 0.25) is 10.0 Å². The Kier molecular flexibility index (Phi) is 3.54. The fourth-order valence-corrected chi connectivity index (χ4v) is 3.51. The quantitative estimate of drug-likeness (QED) is 0.810. The summed E-state index contributed by atoms with van der Waals surface area (Å²) in [5, 5.41) is 3.68. The molecular weight excluding hydrogens is 256 g/mol. The van der Waals surface area contributed by atoms with Crippen molar-refractivity contribution in [2.24, 2.45) is 5.92 Å². The lowest BCUT2D eigenvalue weighted by Gasteiger charge is -2.28. The Labute approximate surface area is 106 Å². The molecule has 0 bridgehead atoms. The topological polar surface area (TPSA) is 80.5 Å². The molecule has 18 heavy (non-hydrogen) atoms. The highest BCUT2D eigenvalue weighted by Crippen LogP contribution is 2.18. The average Bonchev–Trinajstić information content (AvgIpc) is 2.67. The van der Waals surface area contributed by atoms with Gasteiger partial charge in [0, 0.05) is 31.5 Å². The molecule has 1 aliphatic heterocycles. The van der Waals surface area contributed by atoms with Crippen LogP contribution in [0, 0.1) is 12.8 Å². The monoisotopic (exact) mass is 272 g/mol.